The van der Waals surface area contributed by atoms with Crippen LogP contribution in [0.2, 0.25) is 0 Å². The summed E-state index contributed by atoms with van der Waals surface area (Å²) in [4.78, 5) is 23.5. The topological polar surface area (TPSA) is 87.5 Å². The van der Waals surface area contributed by atoms with Gasteiger partial charge in [0.05, 0.1) is 6.04 Å². The molecule has 14 heavy (non-hydrogen) atoms. The number of nitrogens with two attached hydrogens (primary N) is 1. The molecule has 6 nitrogen and oxygen atoms in total. The van der Waals surface area contributed by atoms with Gasteiger partial charge in [0.15, 0.2) is 0 Å². The second kappa shape index (κ2) is 6.33. The van der Waals surface area contributed by atoms with Gasteiger partial charge in [0, 0.05) is 13.1 Å². The maximum absolute atomic E-state index is 11.3. The molecule has 0 fully saturated rings. The van der Waals surface area contributed by atoms with Gasteiger partial charge in [-0.15, -0.1) is 0 Å². The molecular weight excluding hydrogens is 184 g/mol. The first-order valence-corrected chi connectivity index (χ1v) is 4.44. The van der Waals surface area contributed by atoms with Crippen molar-refractivity contribution in [2.75, 3.05) is 27.2 Å². The highest BCUT2D eigenvalue weighted by atomic mass is 16.2. The molecule has 0 radical (unpaired) electrons. The third kappa shape index (κ3) is 4.78. The Hall–Kier alpha value is -1.14. The quantitative estimate of drug-likeness (QED) is 0.518. The van der Waals surface area contributed by atoms with Gasteiger partial charge in [-0.3, -0.25) is 15.0 Å². The monoisotopic (exact) mass is 202 g/mol. The molecule has 0 aromatic rings. The van der Waals surface area contributed by atoms with Crippen LogP contribution in [0.3, 0.4) is 0 Å². The molecule has 82 valence electrons. The molecule has 0 spiro atoms. The van der Waals surface area contributed by atoms with Crippen LogP contribution in [-0.4, -0.2) is 50.1 Å². The lowest BCUT2D eigenvalue weighted by atomic mass is 10.3. The van der Waals surface area contributed by atoms with Gasteiger partial charge >= 0.3 is 6.03 Å². The number of primary amides is 1. The van der Waals surface area contributed by atoms with E-state index in [1.54, 1.807) is 6.92 Å². The predicted molar refractivity (Wildman–Crippen MR) is 53.7 cm³/mol. The van der Waals surface area contributed by atoms with Gasteiger partial charge in [0.1, 0.15) is 0 Å². The SMILES string of the molecule is CNCCN(C)C(C)C(=O)NC(N)=O. The van der Waals surface area contributed by atoms with E-state index in [9.17, 15) is 9.59 Å². The van der Waals surface area contributed by atoms with Crippen molar-refractivity contribution in [3.8, 4) is 0 Å². The van der Waals surface area contributed by atoms with Gasteiger partial charge < -0.3 is 11.1 Å². The van der Waals surface area contributed by atoms with E-state index < -0.39 is 6.03 Å². The van der Waals surface area contributed by atoms with E-state index in [-0.39, 0.29) is 11.9 Å². The minimum absolute atomic E-state index is 0.365. The lowest BCUT2D eigenvalue weighted by Gasteiger charge is -2.22. The second-order valence-corrected chi connectivity index (χ2v) is 3.11. The zero-order chi connectivity index (χ0) is 11.1. The molecule has 0 aliphatic carbocycles. The Balaban J connectivity index is 3.96. The highest BCUT2D eigenvalue weighted by Crippen LogP contribution is 1.93. The molecule has 0 aliphatic rings. The molecule has 0 saturated heterocycles. The summed E-state index contributed by atoms with van der Waals surface area (Å²) < 4.78 is 0. The van der Waals surface area contributed by atoms with Crippen LogP contribution < -0.4 is 16.4 Å². The van der Waals surface area contributed by atoms with E-state index in [0.29, 0.717) is 0 Å². The molecule has 4 N–H and O–H groups in total. The molecule has 0 saturated carbocycles. The Bertz CT molecular complexity index is 208. The first-order chi connectivity index (χ1) is 6.49. The number of hydrogen-bond acceptors (Lipinski definition) is 4. The maximum atomic E-state index is 11.3. The summed E-state index contributed by atoms with van der Waals surface area (Å²) in [7, 11) is 3.64. The molecule has 1 atom stereocenters. The van der Waals surface area contributed by atoms with Gasteiger partial charge in [-0.1, -0.05) is 0 Å². The summed E-state index contributed by atoms with van der Waals surface area (Å²) >= 11 is 0. The van der Waals surface area contributed by atoms with Crippen molar-refractivity contribution >= 4 is 11.9 Å². The molecule has 0 aliphatic heterocycles. The largest absolute Gasteiger partial charge is 0.351 e. The Morgan fingerprint density at radius 2 is 2.07 bits per heavy atom. The Morgan fingerprint density at radius 3 is 2.50 bits per heavy atom. The van der Waals surface area contributed by atoms with Crippen LogP contribution in [0.5, 0.6) is 0 Å². The molecule has 3 amide bonds. The van der Waals surface area contributed by atoms with Crippen molar-refractivity contribution < 1.29 is 9.59 Å². The van der Waals surface area contributed by atoms with E-state index >= 15 is 0 Å². The average molecular weight is 202 g/mol. The highest BCUT2D eigenvalue weighted by molar-refractivity contribution is 5.96. The van der Waals surface area contributed by atoms with Crippen molar-refractivity contribution in [1.29, 1.82) is 0 Å². The molecule has 6 heteroatoms. The molecule has 0 aromatic heterocycles. The minimum Gasteiger partial charge on any atom is -0.351 e. The van der Waals surface area contributed by atoms with Gasteiger partial charge in [0.25, 0.3) is 0 Å². The molecule has 1 unspecified atom stereocenters. The van der Waals surface area contributed by atoms with Crippen molar-refractivity contribution in [3.05, 3.63) is 0 Å². The normalized spacial score (nSPS) is 12.6. The number of imide groups is 1. The van der Waals surface area contributed by atoms with Crippen LogP contribution in [0.4, 0.5) is 4.79 Å². The Morgan fingerprint density at radius 1 is 1.50 bits per heavy atom. The van der Waals surface area contributed by atoms with E-state index in [0.717, 1.165) is 13.1 Å². The summed E-state index contributed by atoms with van der Waals surface area (Å²) in [5.41, 5.74) is 4.83. The van der Waals surface area contributed by atoms with E-state index in [4.69, 9.17) is 5.73 Å². The van der Waals surface area contributed by atoms with Gasteiger partial charge in [0.2, 0.25) is 5.91 Å². The third-order valence-corrected chi connectivity index (χ3v) is 2.00. The number of hydrogen-bond donors (Lipinski definition) is 3. The standard InChI is InChI=1S/C8H18N4O2/c1-6(7(13)11-8(9)14)12(3)5-4-10-2/h6,10H,4-5H2,1-3H3,(H3,9,11,13,14). The lowest BCUT2D eigenvalue weighted by molar-refractivity contribution is -0.124. The highest BCUT2D eigenvalue weighted by Gasteiger charge is 2.18. The van der Waals surface area contributed by atoms with Crippen LogP contribution in [-0.2, 0) is 4.79 Å². The number of carbonyl (C=O) groups is 2. The summed E-state index contributed by atoms with van der Waals surface area (Å²) in [5, 5.41) is 5.01. The van der Waals surface area contributed by atoms with Crippen LogP contribution in [0, 0.1) is 0 Å². The number of carbonyl (C=O) groups excluding carboxylic acids is 2. The van der Waals surface area contributed by atoms with Gasteiger partial charge in [-0.2, -0.15) is 0 Å². The van der Waals surface area contributed by atoms with Crippen LogP contribution in [0.25, 0.3) is 0 Å². The summed E-state index contributed by atoms with van der Waals surface area (Å²) in [5.74, 6) is -0.379. The van der Waals surface area contributed by atoms with E-state index in [1.807, 2.05) is 24.3 Å². The van der Waals surface area contributed by atoms with Gasteiger partial charge in [-0.25, -0.2) is 4.79 Å². The minimum atomic E-state index is -0.816. The van der Waals surface area contributed by atoms with Crippen LogP contribution in [0.15, 0.2) is 0 Å². The Kier molecular flexibility index (Phi) is 5.82. The van der Waals surface area contributed by atoms with Crippen molar-refractivity contribution in [1.82, 2.24) is 15.5 Å². The second-order valence-electron chi connectivity index (χ2n) is 3.11. The van der Waals surface area contributed by atoms with E-state index in [2.05, 4.69) is 5.32 Å². The maximum Gasteiger partial charge on any atom is 0.318 e. The fourth-order valence-electron chi connectivity index (χ4n) is 0.908. The zero-order valence-corrected chi connectivity index (χ0v) is 8.83. The smallest absolute Gasteiger partial charge is 0.318 e. The number of nitrogens with one attached hydrogen (secondary N) is 2. The molecular formula is C8H18N4O2. The first-order valence-electron chi connectivity index (χ1n) is 4.44. The number of amides is 3. The molecule has 0 heterocycles. The summed E-state index contributed by atoms with van der Waals surface area (Å²) in [6.45, 7) is 3.22. The summed E-state index contributed by atoms with van der Waals surface area (Å²) in [6, 6.07) is -1.18. The molecule has 0 rings (SSSR count). The number of rotatable bonds is 5. The number of likely N-dealkylation sites (N-methyl/N-ethyl adjacent to an activating group) is 2. The van der Waals surface area contributed by atoms with Crippen molar-refractivity contribution in [3.63, 3.8) is 0 Å². The Labute approximate surface area is 83.8 Å². The average Bonchev–Trinajstić information content (AvgIpc) is 2.11. The number of nitrogens with zero attached hydrogens (tertiary/aromatic N) is 1. The number of urea groups is 1. The van der Waals surface area contributed by atoms with Crippen LogP contribution >= 0.6 is 0 Å². The fraction of sp³-hybridized carbons (Fsp3) is 0.750. The van der Waals surface area contributed by atoms with Crippen LogP contribution in [0.1, 0.15) is 6.92 Å². The van der Waals surface area contributed by atoms with Gasteiger partial charge in [-0.05, 0) is 21.0 Å². The lowest BCUT2D eigenvalue weighted by Crippen LogP contribution is -2.48. The zero-order valence-electron chi connectivity index (χ0n) is 8.83. The predicted octanol–water partition coefficient (Wildman–Crippen LogP) is -1.28. The first kappa shape index (κ1) is 12.9. The van der Waals surface area contributed by atoms with Crippen molar-refractivity contribution in [2.45, 2.75) is 13.0 Å². The summed E-state index contributed by atoms with van der Waals surface area (Å²) in [6.07, 6.45) is 0. The van der Waals surface area contributed by atoms with E-state index in [1.165, 1.54) is 0 Å². The van der Waals surface area contributed by atoms with Crippen molar-refractivity contribution in [2.24, 2.45) is 5.73 Å². The molecule has 0 bridgehead atoms. The molecule has 0 aromatic carbocycles. The fourth-order valence-corrected chi connectivity index (χ4v) is 0.908. The third-order valence-electron chi connectivity index (χ3n) is 2.00.